The van der Waals surface area contributed by atoms with Gasteiger partial charge in [0.2, 0.25) is 5.91 Å². The van der Waals surface area contributed by atoms with E-state index in [0.717, 1.165) is 30.9 Å². The van der Waals surface area contributed by atoms with Crippen molar-refractivity contribution in [2.45, 2.75) is 33.6 Å². The van der Waals surface area contributed by atoms with Crippen LogP contribution in [0.2, 0.25) is 0 Å². The smallest absolute Gasteiger partial charge is 0.324 e. The summed E-state index contributed by atoms with van der Waals surface area (Å²) in [4.78, 5) is 27.5. The zero-order chi connectivity index (χ0) is 16.3. The average molecular weight is 303 g/mol. The molecule has 1 fully saturated rings. The first-order valence-electron chi connectivity index (χ1n) is 7.69. The number of anilines is 2. The van der Waals surface area contributed by atoms with Crippen LogP contribution >= 0.6 is 0 Å². The van der Waals surface area contributed by atoms with Crippen LogP contribution < -0.4 is 10.2 Å². The largest absolute Gasteiger partial charge is 0.327 e. The molecule has 0 aromatic heterocycles. The molecule has 1 N–H and O–H groups in total. The van der Waals surface area contributed by atoms with Crippen molar-refractivity contribution in [2.24, 2.45) is 5.41 Å². The van der Waals surface area contributed by atoms with Crippen LogP contribution in [0.4, 0.5) is 16.2 Å². The summed E-state index contributed by atoms with van der Waals surface area (Å²) in [6, 6.07) is 7.47. The average Bonchev–Trinajstić information content (AvgIpc) is 2.41. The lowest BCUT2D eigenvalue weighted by Crippen LogP contribution is -2.47. The zero-order valence-corrected chi connectivity index (χ0v) is 13.8. The number of nitrogens with one attached hydrogen (secondary N) is 1. The van der Waals surface area contributed by atoms with Gasteiger partial charge in [0.25, 0.3) is 0 Å². The van der Waals surface area contributed by atoms with Crippen molar-refractivity contribution in [1.29, 1.82) is 0 Å². The van der Waals surface area contributed by atoms with Crippen LogP contribution in [-0.2, 0) is 4.79 Å². The van der Waals surface area contributed by atoms with E-state index in [0.29, 0.717) is 6.42 Å². The number of benzene rings is 1. The number of carbonyl (C=O) groups excluding carboxylic acids is 2. The minimum Gasteiger partial charge on any atom is -0.327 e. The highest BCUT2D eigenvalue weighted by atomic mass is 16.2. The van der Waals surface area contributed by atoms with Crippen LogP contribution in [0.25, 0.3) is 0 Å². The zero-order valence-electron chi connectivity index (χ0n) is 13.8. The molecule has 1 aliphatic heterocycles. The van der Waals surface area contributed by atoms with Crippen LogP contribution in [0.5, 0.6) is 0 Å². The number of carbonyl (C=O) groups is 2. The highest BCUT2D eigenvalue weighted by molar-refractivity contribution is 5.94. The predicted molar refractivity (Wildman–Crippen MR) is 89.1 cm³/mol. The van der Waals surface area contributed by atoms with E-state index in [1.165, 1.54) is 0 Å². The van der Waals surface area contributed by atoms with Gasteiger partial charge in [-0.3, -0.25) is 9.69 Å². The van der Waals surface area contributed by atoms with E-state index in [1.54, 1.807) is 9.80 Å². The number of amides is 3. The van der Waals surface area contributed by atoms with Crippen LogP contribution in [-0.4, -0.2) is 37.0 Å². The molecule has 2 rings (SSSR count). The highest BCUT2D eigenvalue weighted by Gasteiger charge is 2.23. The topological polar surface area (TPSA) is 52.6 Å². The molecule has 1 heterocycles. The molecule has 0 bridgehead atoms. The van der Waals surface area contributed by atoms with Crippen LogP contribution in [0.1, 0.15) is 33.6 Å². The van der Waals surface area contributed by atoms with E-state index in [-0.39, 0.29) is 17.4 Å². The van der Waals surface area contributed by atoms with Crippen LogP contribution in [0.3, 0.4) is 0 Å². The van der Waals surface area contributed by atoms with Crippen LogP contribution in [0, 0.1) is 5.41 Å². The van der Waals surface area contributed by atoms with Crippen molar-refractivity contribution in [3.8, 4) is 0 Å². The van der Waals surface area contributed by atoms with E-state index >= 15 is 0 Å². The quantitative estimate of drug-likeness (QED) is 0.931. The van der Waals surface area contributed by atoms with Gasteiger partial charge in [-0.05, 0) is 36.1 Å². The third-order valence-electron chi connectivity index (χ3n) is 3.59. The molecule has 1 aliphatic rings. The second-order valence-corrected chi connectivity index (χ2v) is 7.04. The molecule has 1 aromatic rings. The first-order valence-corrected chi connectivity index (χ1v) is 7.69. The Balaban J connectivity index is 2.01. The molecule has 0 saturated carbocycles. The molecule has 5 heteroatoms. The van der Waals surface area contributed by atoms with Gasteiger partial charge >= 0.3 is 6.03 Å². The molecule has 120 valence electrons. The summed E-state index contributed by atoms with van der Waals surface area (Å²) in [6.45, 7) is 7.64. The van der Waals surface area contributed by atoms with E-state index in [1.807, 2.05) is 52.1 Å². The Morgan fingerprint density at radius 1 is 1.18 bits per heavy atom. The van der Waals surface area contributed by atoms with Gasteiger partial charge in [0, 0.05) is 37.9 Å². The van der Waals surface area contributed by atoms with Gasteiger partial charge < -0.3 is 10.2 Å². The van der Waals surface area contributed by atoms with Crippen molar-refractivity contribution in [1.82, 2.24) is 4.90 Å². The molecule has 0 aliphatic carbocycles. The van der Waals surface area contributed by atoms with Gasteiger partial charge in [-0.1, -0.05) is 20.8 Å². The second-order valence-electron chi connectivity index (χ2n) is 7.04. The fourth-order valence-electron chi connectivity index (χ4n) is 2.51. The Hall–Kier alpha value is -2.04. The van der Waals surface area contributed by atoms with Crippen molar-refractivity contribution in [3.05, 3.63) is 24.3 Å². The molecule has 0 unspecified atom stereocenters. The summed E-state index contributed by atoms with van der Waals surface area (Å²) in [7, 11) is 1.82. The molecule has 5 nitrogen and oxygen atoms in total. The fourth-order valence-corrected chi connectivity index (χ4v) is 2.51. The molecule has 22 heavy (non-hydrogen) atoms. The number of urea groups is 1. The fraction of sp³-hybridized carbons (Fsp3) is 0.529. The molecule has 0 atom stereocenters. The first-order chi connectivity index (χ1) is 10.3. The second kappa shape index (κ2) is 6.38. The molecule has 3 amide bonds. The normalized spacial score (nSPS) is 15.9. The summed E-state index contributed by atoms with van der Waals surface area (Å²) >= 11 is 0. The Morgan fingerprint density at radius 2 is 1.82 bits per heavy atom. The monoisotopic (exact) mass is 303 g/mol. The molecular formula is C17H25N3O2. The molecule has 0 spiro atoms. The van der Waals surface area contributed by atoms with Crippen molar-refractivity contribution in [3.63, 3.8) is 0 Å². The van der Waals surface area contributed by atoms with E-state index in [4.69, 9.17) is 0 Å². The first kappa shape index (κ1) is 16.3. The van der Waals surface area contributed by atoms with Gasteiger partial charge in [0.15, 0.2) is 0 Å². The number of hydrogen-bond donors (Lipinski definition) is 1. The van der Waals surface area contributed by atoms with Gasteiger partial charge in [-0.25, -0.2) is 4.79 Å². The maximum atomic E-state index is 12.1. The van der Waals surface area contributed by atoms with Crippen molar-refractivity contribution >= 4 is 23.3 Å². The van der Waals surface area contributed by atoms with E-state index in [9.17, 15) is 9.59 Å². The van der Waals surface area contributed by atoms with E-state index < -0.39 is 0 Å². The predicted octanol–water partition coefficient (Wildman–Crippen LogP) is 3.32. The third-order valence-corrected chi connectivity index (χ3v) is 3.59. The number of rotatable bonds is 3. The minimum atomic E-state index is -0.0329. The third kappa shape index (κ3) is 4.23. The molecular weight excluding hydrogens is 278 g/mol. The minimum absolute atomic E-state index is 0.00836. The van der Waals surface area contributed by atoms with Crippen molar-refractivity contribution < 1.29 is 9.59 Å². The Bertz CT molecular complexity index is 546. The lowest BCUT2D eigenvalue weighted by molar-refractivity contribution is -0.117. The molecule has 1 saturated heterocycles. The molecule has 0 radical (unpaired) electrons. The summed E-state index contributed by atoms with van der Waals surface area (Å²) in [5.41, 5.74) is 1.59. The number of hydrogen-bond acceptors (Lipinski definition) is 2. The Kier molecular flexibility index (Phi) is 4.74. The van der Waals surface area contributed by atoms with Gasteiger partial charge in [-0.15, -0.1) is 0 Å². The number of nitrogens with zero attached hydrogens (tertiary/aromatic N) is 2. The van der Waals surface area contributed by atoms with E-state index in [2.05, 4.69) is 5.32 Å². The van der Waals surface area contributed by atoms with Crippen molar-refractivity contribution in [2.75, 3.05) is 30.4 Å². The maximum absolute atomic E-state index is 12.1. The Labute approximate surface area is 132 Å². The Morgan fingerprint density at radius 3 is 2.41 bits per heavy atom. The summed E-state index contributed by atoms with van der Waals surface area (Å²) < 4.78 is 0. The van der Waals surface area contributed by atoms with Gasteiger partial charge in [0.05, 0.1) is 0 Å². The van der Waals surface area contributed by atoms with Gasteiger partial charge in [-0.2, -0.15) is 0 Å². The molecule has 1 aromatic carbocycles. The lowest BCUT2D eigenvalue weighted by atomic mass is 9.92. The summed E-state index contributed by atoms with van der Waals surface area (Å²) in [6.07, 6.45) is 1.44. The van der Waals surface area contributed by atoms with Crippen LogP contribution in [0.15, 0.2) is 24.3 Å². The summed E-state index contributed by atoms with van der Waals surface area (Å²) in [5, 5.41) is 2.90. The van der Waals surface area contributed by atoms with Gasteiger partial charge in [0.1, 0.15) is 0 Å². The standard InChI is InChI=1S/C17H25N3O2/c1-17(2,3)12-15(21)18-13-6-8-14(9-7-13)20-11-5-10-19(4)16(20)22/h6-9H,5,10-12H2,1-4H3,(H,18,21). The summed E-state index contributed by atoms with van der Waals surface area (Å²) in [5.74, 6) is 0.00836. The SMILES string of the molecule is CN1CCCN(c2ccc(NC(=O)CC(C)(C)C)cc2)C1=O. The maximum Gasteiger partial charge on any atom is 0.324 e. The lowest BCUT2D eigenvalue weighted by Gasteiger charge is -2.33. The highest BCUT2D eigenvalue weighted by Crippen LogP contribution is 2.23.